The molecule has 0 saturated carbocycles. The predicted octanol–water partition coefficient (Wildman–Crippen LogP) is 0.730. The van der Waals surface area contributed by atoms with Crippen molar-refractivity contribution in [2.24, 2.45) is 0 Å². The van der Waals surface area contributed by atoms with Crippen LogP contribution in [0, 0.1) is 0 Å². The molecule has 0 aliphatic carbocycles. The molecular weight excluding hydrogens is 282 g/mol. The topological polar surface area (TPSA) is 112 Å². The minimum atomic E-state index is -1.47. The molecule has 1 unspecified atom stereocenters. The van der Waals surface area contributed by atoms with Crippen molar-refractivity contribution in [3.8, 4) is 0 Å². The number of aromatic nitrogens is 1. The highest BCUT2D eigenvalue weighted by atomic mass is 32.1. The molecule has 0 saturated heterocycles. The first-order valence-corrected chi connectivity index (χ1v) is 7.03. The molecule has 8 heteroatoms. The lowest BCUT2D eigenvalue weighted by Crippen LogP contribution is -2.45. The number of hydrogen-bond donors (Lipinski definition) is 4. The predicted molar refractivity (Wildman–Crippen MR) is 74.6 cm³/mol. The largest absolute Gasteiger partial charge is 0.481 e. The van der Waals surface area contributed by atoms with Crippen LogP contribution >= 0.6 is 11.3 Å². The number of carboxylic acid groups (broad SMARTS) is 1. The Morgan fingerprint density at radius 1 is 1.45 bits per heavy atom. The number of nitrogens with zero attached hydrogens (tertiary/aromatic N) is 1. The van der Waals surface area contributed by atoms with Gasteiger partial charge in [-0.15, -0.1) is 11.3 Å². The average Bonchev–Trinajstić information content (AvgIpc) is 2.80. The number of aliphatic carboxylic acids is 1. The van der Waals surface area contributed by atoms with Gasteiger partial charge in [-0.3, -0.25) is 4.79 Å². The van der Waals surface area contributed by atoms with Gasteiger partial charge in [0.15, 0.2) is 0 Å². The van der Waals surface area contributed by atoms with Crippen LogP contribution in [-0.2, 0) is 17.8 Å². The Balaban J connectivity index is 2.31. The fourth-order valence-corrected chi connectivity index (χ4v) is 2.27. The minimum absolute atomic E-state index is 0.136. The van der Waals surface area contributed by atoms with E-state index in [0.29, 0.717) is 6.54 Å². The van der Waals surface area contributed by atoms with Crippen LogP contribution in [-0.4, -0.2) is 39.3 Å². The van der Waals surface area contributed by atoms with Gasteiger partial charge in [0.25, 0.3) is 0 Å². The zero-order valence-corrected chi connectivity index (χ0v) is 12.3. The van der Waals surface area contributed by atoms with Gasteiger partial charge in [-0.1, -0.05) is 6.92 Å². The van der Waals surface area contributed by atoms with Gasteiger partial charge in [-0.05, 0) is 13.3 Å². The Morgan fingerprint density at radius 2 is 2.15 bits per heavy atom. The quantitative estimate of drug-likeness (QED) is 0.593. The van der Waals surface area contributed by atoms with Crippen molar-refractivity contribution in [3.63, 3.8) is 0 Å². The second-order valence-electron chi connectivity index (χ2n) is 4.68. The molecule has 0 aromatic carbocycles. The van der Waals surface area contributed by atoms with Gasteiger partial charge in [-0.2, -0.15) is 0 Å². The molecule has 7 nitrogen and oxygen atoms in total. The van der Waals surface area contributed by atoms with E-state index in [-0.39, 0.29) is 6.54 Å². The Hall–Kier alpha value is -1.67. The SMILES string of the molecule is CCc1cnc(CNC(=O)NCC(C)(O)CC(=O)O)s1. The number of amides is 2. The molecule has 1 aromatic rings. The average molecular weight is 301 g/mol. The Kier molecular flexibility index (Phi) is 5.90. The highest BCUT2D eigenvalue weighted by molar-refractivity contribution is 7.11. The molecule has 1 atom stereocenters. The minimum Gasteiger partial charge on any atom is -0.481 e. The highest BCUT2D eigenvalue weighted by Crippen LogP contribution is 2.12. The molecule has 0 radical (unpaired) electrons. The lowest BCUT2D eigenvalue weighted by Gasteiger charge is -2.21. The lowest BCUT2D eigenvalue weighted by molar-refractivity contribution is -0.141. The van der Waals surface area contributed by atoms with E-state index in [4.69, 9.17) is 5.11 Å². The fraction of sp³-hybridized carbons (Fsp3) is 0.583. The van der Waals surface area contributed by atoms with Crippen LogP contribution in [0.25, 0.3) is 0 Å². The van der Waals surface area contributed by atoms with Crippen LogP contribution in [0.1, 0.15) is 30.2 Å². The first kappa shape index (κ1) is 16.4. The summed E-state index contributed by atoms with van der Waals surface area (Å²) in [6.07, 6.45) is 2.25. The number of carbonyl (C=O) groups excluding carboxylic acids is 1. The normalized spacial score (nSPS) is 13.6. The zero-order valence-electron chi connectivity index (χ0n) is 11.5. The van der Waals surface area contributed by atoms with Gasteiger partial charge in [-0.25, -0.2) is 9.78 Å². The van der Waals surface area contributed by atoms with Crippen LogP contribution < -0.4 is 10.6 Å². The number of rotatable bonds is 7. The van der Waals surface area contributed by atoms with E-state index < -0.39 is 24.0 Å². The molecule has 0 fully saturated rings. The Labute approximate surface area is 121 Å². The van der Waals surface area contributed by atoms with Gasteiger partial charge in [0.1, 0.15) is 5.01 Å². The van der Waals surface area contributed by atoms with Crippen molar-refractivity contribution in [3.05, 3.63) is 16.1 Å². The van der Waals surface area contributed by atoms with Gasteiger partial charge < -0.3 is 20.8 Å². The van der Waals surface area contributed by atoms with Crippen LogP contribution in [0.4, 0.5) is 4.79 Å². The van der Waals surface area contributed by atoms with Gasteiger partial charge in [0.2, 0.25) is 0 Å². The molecule has 0 aliphatic heterocycles. The van der Waals surface area contributed by atoms with Gasteiger partial charge in [0.05, 0.1) is 18.6 Å². The summed E-state index contributed by atoms with van der Waals surface area (Å²) in [4.78, 5) is 27.3. The van der Waals surface area contributed by atoms with Gasteiger partial charge in [0, 0.05) is 17.6 Å². The maximum atomic E-state index is 11.5. The molecule has 1 aromatic heterocycles. The molecule has 1 rings (SSSR count). The number of thiazole rings is 1. The number of hydrogen-bond acceptors (Lipinski definition) is 5. The van der Waals surface area contributed by atoms with Crippen molar-refractivity contribution in [2.45, 2.75) is 38.8 Å². The zero-order chi connectivity index (χ0) is 15.2. The highest BCUT2D eigenvalue weighted by Gasteiger charge is 2.24. The molecule has 20 heavy (non-hydrogen) atoms. The molecular formula is C12H19N3O4S. The third kappa shape index (κ3) is 5.98. The summed E-state index contributed by atoms with van der Waals surface area (Å²) in [5.74, 6) is -1.12. The second kappa shape index (κ2) is 7.20. The standard InChI is InChI=1S/C12H19N3O4S/c1-3-8-5-13-9(20-8)6-14-11(18)15-7-12(2,19)4-10(16)17/h5,19H,3-4,6-7H2,1-2H3,(H,16,17)(H2,14,15,18). The Bertz CT molecular complexity index is 473. The number of urea groups is 1. The summed E-state index contributed by atoms with van der Waals surface area (Å²) in [5.41, 5.74) is -1.47. The third-order valence-corrected chi connectivity index (χ3v) is 3.65. The van der Waals surface area contributed by atoms with Crippen molar-refractivity contribution in [2.75, 3.05) is 6.54 Å². The van der Waals surface area contributed by atoms with Crippen molar-refractivity contribution in [1.29, 1.82) is 0 Å². The summed E-state index contributed by atoms with van der Waals surface area (Å²) in [6.45, 7) is 3.55. The number of carbonyl (C=O) groups is 2. The first-order valence-electron chi connectivity index (χ1n) is 6.22. The summed E-state index contributed by atoms with van der Waals surface area (Å²) < 4.78 is 0. The number of aryl methyl sites for hydroxylation is 1. The van der Waals surface area contributed by atoms with E-state index in [2.05, 4.69) is 15.6 Å². The van der Waals surface area contributed by atoms with Gasteiger partial charge >= 0.3 is 12.0 Å². The number of aliphatic hydroxyl groups is 1. The van der Waals surface area contributed by atoms with E-state index in [9.17, 15) is 14.7 Å². The molecule has 0 bridgehead atoms. The maximum absolute atomic E-state index is 11.5. The van der Waals surface area contributed by atoms with E-state index >= 15 is 0 Å². The third-order valence-electron chi connectivity index (χ3n) is 2.51. The summed E-state index contributed by atoms with van der Waals surface area (Å²) >= 11 is 1.53. The molecule has 2 amide bonds. The van der Waals surface area contributed by atoms with Crippen molar-refractivity contribution < 1.29 is 19.8 Å². The summed E-state index contributed by atoms with van der Waals surface area (Å²) in [7, 11) is 0. The Morgan fingerprint density at radius 3 is 2.70 bits per heavy atom. The molecule has 0 spiro atoms. The van der Waals surface area contributed by atoms with Crippen LogP contribution in [0.2, 0.25) is 0 Å². The van der Waals surface area contributed by atoms with E-state index in [1.165, 1.54) is 18.3 Å². The van der Waals surface area contributed by atoms with Crippen molar-refractivity contribution in [1.82, 2.24) is 15.6 Å². The van der Waals surface area contributed by atoms with E-state index in [1.54, 1.807) is 6.20 Å². The van der Waals surface area contributed by atoms with E-state index in [1.807, 2.05) is 6.92 Å². The van der Waals surface area contributed by atoms with Crippen molar-refractivity contribution >= 4 is 23.3 Å². The molecule has 0 aliphatic rings. The number of nitrogens with one attached hydrogen (secondary N) is 2. The summed E-state index contributed by atoms with van der Waals surface area (Å²) in [5, 5.41) is 24.2. The smallest absolute Gasteiger partial charge is 0.315 e. The van der Waals surface area contributed by atoms with Crippen LogP contribution in [0.15, 0.2) is 6.20 Å². The fourth-order valence-electron chi connectivity index (χ4n) is 1.47. The number of carboxylic acids is 1. The van der Waals surface area contributed by atoms with Crippen LogP contribution in [0.3, 0.4) is 0 Å². The van der Waals surface area contributed by atoms with Crippen LogP contribution in [0.5, 0.6) is 0 Å². The summed E-state index contributed by atoms with van der Waals surface area (Å²) in [6, 6.07) is -0.469. The molecule has 4 N–H and O–H groups in total. The van der Waals surface area contributed by atoms with E-state index in [0.717, 1.165) is 16.3 Å². The maximum Gasteiger partial charge on any atom is 0.315 e. The first-order chi connectivity index (χ1) is 9.32. The second-order valence-corrected chi connectivity index (χ2v) is 5.88. The monoisotopic (exact) mass is 301 g/mol. The lowest BCUT2D eigenvalue weighted by atomic mass is 10.0. The molecule has 1 heterocycles. The molecule has 112 valence electrons.